The highest BCUT2D eigenvalue weighted by Gasteiger charge is 2.51. The molecule has 2 aromatic carbocycles. The maximum atomic E-state index is 13.1. The van der Waals surface area contributed by atoms with E-state index in [4.69, 9.17) is 0 Å². The molecule has 1 saturated heterocycles. The summed E-state index contributed by atoms with van der Waals surface area (Å²) in [6.45, 7) is 1.82. The van der Waals surface area contributed by atoms with E-state index >= 15 is 0 Å². The Bertz CT molecular complexity index is 869. The molecule has 7 nitrogen and oxygen atoms in total. The molecule has 1 aliphatic rings. The highest BCUT2D eigenvalue weighted by molar-refractivity contribution is 6.07. The maximum Gasteiger partial charge on any atom is 0.325 e. The zero-order valence-corrected chi connectivity index (χ0v) is 16.4. The van der Waals surface area contributed by atoms with Gasteiger partial charge in [0.05, 0.1) is 13.1 Å². The van der Waals surface area contributed by atoms with Gasteiger partial charge in [-0.05, 0) is 23.1 Å². The highest BCUT2D eigenvalue weighted by Crippen LogP contribution is 2.27. The molecular weight excluding hydrogens is 370 g/mol. The van der Waals surface area contributed by atoms with Gasteiger partial charge in [-0.15, -0.1) is 0 Å². The molecule has 2 aromatic rings. The standard InChI is InChI=1S/C22H25N3O4/c1-2-3-13-22(15-24(29)16-26)20(27)25(21(28)23-22)14-17-9-11-19(12-10-17)18-7-5-4-6-8-18/h4-12,16,29H,2-3,13-15H2,1H3,(H,23,28)/t22-/m0/s1. The normalized spacial score (nSPS) is 18.6. The Morgan fingerprint density at radius 1 is 1.07 bits per heavy atom. The van der Waals surface area contributed by atoms with E-state index in [2.05, 4.69) is 5.32 Å². The molecule has 0 radical (unpaired) electrons. The Labute approximate surface area is 169 Å². The molecule has 3 rings (SSSR count). The van der Waals surface area contributed by atoms with E-state index in [9.17, 15) is 19.6 Å². The van der Waals surface area contributed by atoms with Crippen LogP contribution in [0.4, 0.5) is 4.79 Å². The van der Waals surface area contributed by atoms with Crippen molar-refractivity contribution in [2.75, 3.05) is 6.54 Å². The summed E-state index contributed by atoms with van der Waals surface area (Å²) in [4.78, 5) is 37.6. The van der Waals surface area contributed by atoms with Gasteiger partial charge in [0, 0.05) is 0 Å². The van der Waals surface area contributed by atoms with Gasteiger partial charge < -0.3 is 5.32 Å². The van der Waals surface area contributed by atoms with Crippen LogP contribution in [0.25, 0.3) is 11.1 Å². The summed E-state index contributed by atoms with van der Waals surface area (Å²) in [6, 6.07) is 17.1. The first-order chi connectivity index (χ1) is 14.0. The van der Waals surface area contributed by atoms with Crippen molar-refractivity contribution in [3.05, 3.63) is 60.2 Å². The third kappa shape index (κ3) is 4.46. The lowest BCUT2D eigenvalue weighted by molar-refractivity contribution is -0.157. The molecule has 7 heteroatoms. The van der Waals surface area contributed by atoms with Crippen LogP contribution in [0.1, 0.15) is 31.7 Å². The molecule has 0 spiro atoms. The van der Waals surface area contributed by atoms with Gasteiger partial charge >= 0.3 is 6.03 Å². The summed E-state index contributed by atoms with van der Waals surface area (Å²) in [7, 11) is 0. The zero-order valence-electron chi connectivity index (χ0n) is 16.4. The Balaban J connectivity index is 1.77. The number of urea groups is 1. The Kier molecular flexibility index (Phi) is 6.29. The number of hydroxylamine groups is 2. The number of unbranched alkanes of at least 4 members (excludes halogenated alkanes) is 1. The van der Waals surface area contributed by atoms with Crippen LogP contribution in [-0.4, -0.2) is 45.6 Å². The molecule has 29 heavy (non-hydrogen) atoms. The van der Waals surface area contributed by atoms with Crippen LogP contribution in [0.2, 0.25) is 0 Å². The van der Waals surface area contributed by atoms with Crippen molar-refractivity contribution in [3.8, 4) is 11.1 Å². The van der Waals surface area contributed by atoms with Crippen molar-refractivity contribution in [1.82, 2.24) is 15.3 Å². The molecule has 4 amide bonds. The molecule has 0 saturated carbocycles. The molecule has 0 aliphatic carbocycles. The van der Waals surface area contributed by atoms with Crippen LogP contribution >= 0.6 is 0 Å². The number of benzene rings is 2. The minimum atomic E-state index is -1.30. The molecule has 2 N–H and O–H groups in total. The summed E-state index contributed by atoms with van der Waals surface area (Å²) in [5, 5.41) is 12.8. The van der Waals surface area contributed by atoms with Gasteiger partial charge in [0.2, 0.25) is 6.41 Å². The first-order valence-electron chi connectivity index (χ1n) is 9.68. The SMILES string of the molecule is CCCC[C@@]1(CN(O)C=O)NC(=O)N(Cc2ccc(-c3ccccc3)cc2)C1=O. The minimum Gasteiger partial charge on any atom is -0.321 e. The van der Waals surface area contributed by atoms with Crippen molar-refractivity contribution in [1.29, 1.82) is 0 Å². The van der Waals surface area contributed by atoms with Gasteiger partial charge in [-0.2, -0.15) is 0 Å². The number of amides is 4. The Hall–Kier alpha value is -3.19. The number of hydrogen-bond acceptors (Lipinski definition) is 4. The van der Waals surface area contributed by atoms with Gasteiger partial charge in [-0.3, -0.25) is 19.7 Å². The molecular formula is C22H25N3O4. The molecule has 0 aromatic heterocycles. The summed E-state index contributed by atoms with van der Waals surface area (Å²) in [5.41, 5.74) is 1.65. The second-order valence-electron chi connectivity index (χ2n) is 7.27. The second kappa shape index (κ2) is 8.87. The maximum absolute atomic E-state index is 13.1. The van der Waals surface area contributed by atoms with Crippen LogP contribution in [0, 0.1) is 0 Å². The van der Waals surface area contributed by atoms with Crippen molar-refractivity contribution < 1.29 is 19.6 Å². The van der Waals surface area contributed by atoms with Crippen molar-refractivity contribution in [2.45, 2.75) is 38.3 Å². The van der Waals surface area contributed by atoms with E-state index in [0.717, 1.165) is 28.0 Å². The van der Waals surface area contributed by atoms with Crippen molar-refractivity contribution in [3.63, 3.8) is 0 Å². The fourth-order valence-corrected chi connectivity index (χ4v) is 3.58. The van der Waals surface area contributed by atoms with Gasteiger partial charge in [0.15, 0.2) is 0 Å². The lowest BCUT2D eigenvalue weighted by Gasteiger charge is -2.28. The zero-order chi connectivity index (χ0) is 20.9. The molecule has 152 valence electrons. The van der Waals surface area contributed by atoms with Crippen LogP contribution < -0.4 is 5.32 Å². The third-order valence-electron chi connectivity index (χ3n) is 5.16. The van der Waals surface area contributed by atoms with Crippen LogP contribution in [0.15, 0.2) is 54.6 Å². The fourth-order valence-electron chi connectivity index (χ4n) is 3.58. The Morgan fingerprint density at radius 2 is 1.72 bits per heavy atom. The monoisotopic (exact) mass is 395 g/mol. The van der Waals surface area contributed by atoms with Crippen LogP contribution in [0.5, 0.6) is 0 Å². The number of nitrogens with zero attached hydrogens (tertiary/aromatic N) is 2. The van der Waals surface area contributed by atoms with E-state index in [0.29, 0.717) is 17.9 Å². The number of imide groups is 1. The largest absolute Gasteiger partial charge is 0.325 e. The summed E-state index contributed by atoms with van der Waals surface area (Å²) < 4.78 is 0. The minimum absolute atomic E-state index is 0.125. The predicted octanol–water partition coefficient (Wildman–Crippen LogP) is 3.18. The van der Waals surface area contributed by atoms with E-state index in [-0.39, 0.29) is 19.5 Å². The molecule has 0 unspecified atom stereocenters. The highest BCUT2D eigenvalue weighted by atomic mass is 16.5. The summed E-state index contributed by atoms with van der Waals surface area (Å²) in [5.74, 6) is -0.427. The topological polar surface area (TPSA) is 89.9 Å². The lowest BCUT2D eigenvalue weighted by Crippen LogP contribution is -2.54. The quantitative estimate of drug-likeness (QED) is 0.295. The summed E-state index contributed by atoms with van der Waals surface area (Å²) in [6.07, 6.45) is 2.08. The van der Waals surface area contributed by atoms with Crippen molar-refractivity contribution in [2.24, 2.45) is 0 Å². The van der Waals surface area contributed by atoms with Gasteiger partial charge in [-0.25, -0.2) is 9.86 Å². The number of carbonyl (C=O) groups excluding carboxylic acids is 3. The van der Waals surface area contributed by atoms with Crippen LogP contribution in [-0.2, 0) is 16.1 Å². The van der Waals surface area contributed by atoms with Crippen LogP contribution in [0.3, 0.4) is 0 Å². The first-order valence-corrected chi connectivity index (χ1v) is 9.68. The third-order valence-corrected chi connectivity index (χ3v) is 5.16. The molecule has 1 fully saturated rings. The summed E-state index contributed by atoms with van der Waals surface area (Å²) >= 11 is 0. The Morgan fingerprint density at radius 3 is 2.34 bits per heavy atom. The second-order valence-corrected chi connectivity index (χ2v) is 7.27. The molecule has 1 atom stereocenters. The number of nitrogens with one attached hydrogen (secondary N) is 1. The molecule has 1 aliphatic heterocycles. The number of hydrogen-bond donors (Lipinski definition) is 2. The first kappa shape index (κ1) is 20.5. The number of rotatable bonds is 9. The van der Waals surface area contributed by atoms with E-state index in [1.807, 2.05) is 61.5 Å². The van der Waals surface area contributed by atoms with Crippen molar-refractivity contribution >= 4 is 18.3 Å². The molecule has 1 heterocycles. The van der Waals surface area contributed by atoms with E-state index in [1.54, 1.807) is 0 Å². The fraction of sp³-hybridized carbons (Fsp3) is 0.318. The number of carbonyl (C=O) groups is 3. The smallest absolute Gasteiger partial charge is 0.321 e. The average molecular weight is 395 g/mol. The predicted molar refractivity (Wildman–Crippen MR) is 108 cm³/mol. The van der Waals surface area contributed by atoms with E-state index < -0.39 is 17.5 Å². The van der Waals surface area contributed by atoms with Gasteiger partial charge in [0.1, 0.15) is 5.54 Å². The lowest BCUT2D eigenvalue weighted by atomic mass is 9.92. The average Bonchev–Trinajstić information content (AvgIpc) is 2.97. The molecule has 0 bridgehead atoms. The van der Waals surface area contributed by atoms with Gasteiger partial charge in [0.25, 0.3) is 5.91 Å². The van der Waals surface area contributed by atoms with E-state index in [1.165, 1.54) is 0 Å². The van der Waals surface area contributed by atoms with Gasteiger partial charge in [-0.1, -0.05) is 74.4 Å².